The van der Waals surface area contributed by atoms with Gasteiger partial charge in [0, 0.05) is 6.42 Å². The maximum atomic E-state index is 11.4. The molecular weight excluding hydrogens is 200 g/mol. The van der Waals surface area contributed by atoms with Crippen LogP contribution in [0.25, 0.3) is 0 Å². The summed E-state index contributed by atoms with van der Waals surface area (Å²) in [6.07, 6.45) is 1.14. The highest BCUT2D eigenvalue weighted by Crippen LogP contribution is 2.06. The van der Waals surface area contributed by atoms with Crippen molar-refractivity contribution in [3.8, 4) is 6.07 Å². The monoisotopic (exact) mass is 216 g/mol. The van der Waals surface area contributed by atoms with E-state index in [0.29, 0.717) is 12.8 Å². The number of carbonyl (C=O) groups is 1. The largest absolute Gasteiger partial charge is 0.341 e. The summed E-state index contributed by atoms with van der Waals surface area (Å²) in [5, 5.41) is 11.2. The number of nitriles is 1. The molecule has 84 valence electrons. The molecule has 0 bridgehead atoms. The van der Waals surface area contributed by atoms with E-state index in [1.54, 1.807) is 6.92 Å². The van der Waals surface area contributed by atoms with E-state index in [4.69, 9.17) is 5.26 Å². The standard InChI is InChI=1S/C13H16N2O/c1-10-4-3-5-12(8-10)6-7-13(16)15-11(2)9-14/h3-5,8,11H,6-7H2,1-2H3,(H,15,16). The van der Waals surface area contributed by atoms with Gasteiger partial charge in [0.2, 0.25) is 5.91 Å². The first-order valence-electron chi connectivity index (χ1n) is 5.36. The van der Waals surface area contributed by atoms with Gasteiger partial charge in [0.15, 0.2) is 0 Å². The number of nitrogens with zero attached hydrogens (tertiary/aromatic N) is 1. The summed E-state index contributed by atoms with van der Waals surface area (Å²) in [5.41, 5.74) is 2.35. The van der Waals surface area contributed by atoms with Crippen LogP contribution in [-0.2, 0) is 11.2 Å². The molecule has 1 N–H and O–H groups in total. The van der Waals surface area contributed by atoms with Crippen molar-refractivity contribution in [3.05, 3.63) is 35.4 Å². The minimum Gasteiger partial charge on any atom is -0.341 e. The molecule has 3 nitrogen and oxygen atoms in total. The zero-order chi connectivity index (χ0) is 12.0. The van der Waals surface area contributed by atoms with Gasteiger partial charge >= 0.3 is 0 Å². The highest BCUT2D eigenvalue weighted by molar-refractivity contribution is 5.76. The van der Waals surface area contributed by atoms with Crippen LogP contribution in [0, 0.1) is 18.3 Å². The first-order valence-corrected chi connectivity index (χ1v) is 5.36. The lowest BCUT2D eigenvalue weighted by molar-refractivity contribution is -0.121. The molecule has 1 aromatic carbocycles. The van der Waals surface area contributed by atoms with Gasteiger partial charge in [-0.15, -0.1) is 0 Å². The average molecular weight is 216 g/mol. The van der Waals surface area contributed by atoms with Gasteiger partial charge in [0.1, 0.15) is 6.04 Å². The number of amides is 1. The number of hydrogen-bond donors (Lipinski definition) is 1. The van der Waals surface area contributed by atoms with Crippen molar-refractivity contribution < 1.29 is 4.79 Å². The van der Waals surface area contributed by atoms with Gasteiger partial charge in [-0.1, -0.05) is 29.8 Å². The van der Waals surface area contributed by atoms with Gasteiger partial charge in [0.05, 0.1) is 6.07 Å². The van der Waals surface area contributed by atoms with E-state index in [-0.39, 0.29) is 5.91 Å². The van der Waals surface area contributed by atoms with E-state index in [0.717, 1.165) is 5.56 Å². The Bertz CT molecular complexity index is 407. The molecule has 0 spiro atoms. The Hall–Kier alpha value is -1.82. The molecule has 1 aromatic rings. The molecule has 0 aromatic heterocycles. The zero-order valence-corrected chi connectivity index (χ0v) is 9.66. The number of rotatable bonds is 4. The molecule has 0 fully saturated rings. The highest BCUT2D eigenvalue weighted by atomic mass is 16.1. The summed E-state index contributed by atoms with van der Waals surface area (Å²) in [4.78, 5) is 11.4. The fraction of sp³-hybridized carbons (Fsp3) is 0.385. The first-order chi connectivity index (χ1) is 7.61. The third kappa shape index (κ3) is 4.14. The first kappa shape index (κ1) is 12.3. The molecule has 0 aliphatic carbocycles. The normalized spacial score (nSPS) is 11.6. The van der Waals surface area contributed by atoms with Crippen LogP contribution in [0.5, 0.6) is 0 Å². The lowest BCUT2D eigenvalue weighted by Crippen LogP contribution is -2.31. The average Bonchev–Trinajstić information content (AvgIpc) is 2.26. The molecule has 0 aliphatic rings. The van der Waals surface area contributed by atoms with Gasteiger partial charge in [-0.2, -0.15) is 5.26 Å². The predicted octanol–water partition coefficient (Wildman–Crippen LogP) is 1.96. The van der Waals surface area contributed by atoms with Crippen LogP contribution in [-0.4, -0.2) is 11.9 Å². The number of aryl methyl sites for hydroxylation is 2. The van der Waals surface area contributed by atoms with E-state index in [1.807, 2.05) is 31.2 Å². The third-order valence-corrected chi connectivity index (χ3v) is 2.29. The lowest BCUT2D eigenvalue weighted by Gasteiger charge is -2.06. The molecule has 0 saturated heterocycles. The molecular formula is C13H16N2O. The summed E-state index contributed by atoms with van der Waals surface area (Å²) in [7, 11) is 0. The molecule has 0 aliphatic heterocycles. The third-order valence-electron chi connectivity index (χ3n) is 2.29. The van der Waals surface area contributed by atoms with E-state index >= 15 is 0 Å². The summed E-state index contributed by atoms with van der Waals surface area (Å²) >= 11 is 0. The van der Waals surface area contributed by atoms with Crippen LogP contribution < -0.4 is 5.32 Å². The Morgan fingerprint density at radius 3 is 2.94 bits per heavy atom. The number of benzene rings is 1. The SMILES string of the molecule is Cc1cccc(CCC(=O)NC(C)C#N)c1. The maximum absolute atomic E-state index is 11.4. The summed E-state index contributed by atoms with van der Waals surface area (Å²) in [6.45, 7) is 3.70. The Kier molecular flexibility index (Phi) is 4.53. The second-order valence-electron chi connectivity index (χ2n) is 3.91. The van der Waals surface area contributed by atoms with Crippen LogP contribution in [0.3, 0.4) is 0 Å². The Balaban J connectivity index is 2.41. The van der Waals surface area contributed by atoms with Crippen LogP contribution in [0.2, 0.25) is 0 Å². The molecule has 1 rings (SSSR count). The summed E-state index contributed by atoms with van der Waals surface area (Å²) in [6, 6.07) is 9.65. The maximum Gasteiger partial charge on any atom is 0.221 e. The van der Waals surface area contributed by atoms with Gasteiger partial charge in [0.25, 0.3) is 0 Å². The number of nitrogens with one attached hydrogen (secondary N) is 1. The molecule has 1 atom stereocenters. The molecule has 16 heavy (non-hydrogen) atoms. The predicted molar refractivity (Wildman–Crippen MR) is 62.7 cm³/mol. The minimum atomic E-state index is -0.412. The van der Waals surface area contributed by atoms with Crippen LogP contribution in [0.15, 0.2) is 24.3 Å². The van der Waals surface area contributed by atoms with E-state index < -0.39 is 6.04 Å². The van der Waals surface area contributed by atoms with Crippen molar-refractivity contribution in [3.63, 3.8) is 0 Å². The van der Waals surface area contributed by atoms with Gasteiger partial charge in [-0.3, -0.25) is 4.79 Å². The fourth-order valence-electron chi connectivity index (χ4n) is 1.47. The molecule has 3 heteroatoms. The van der Waals surface area contributed by atoms with Crippen molar-refractivity contribution >= 4 is 5.91 Å². The lowest BCUT2D eigenvalue weighted by atomic mass is 10.1. The molecule has 0 heterocycles. The topological polar surface area (TPSA) is 52.9 Å². The Labute approximate surface area is 96.1 Å². The van der Waals surface area contributed by atoms with Crippen LogP contribution >= 0.6 is 0 Å². The molecule has 1 unspecified atom stereocenters. The van der Waals surface area contributed by atoms with Gasteiger partial charge in [-0.05, 0) is 25.8 Å². The number of hydrogen-bond acceptors (Lipinski definition) is 2. The van der Waals surface area contributed by atoms with E-state index in [1.165, 1.54) is 5.56 Å². The highest BCUT2D eigenvalue weighted by Gasteiger charge is 2.05. The van der Waals surface area contributed by atoms with E-state index in [9.17, 15) is 4.79 Å². The second kappa shape index (κ2) is 5.92. The van der Waals surface area contributed by atoms with E-state index in [2.05, 4.69) is 11.4 Å². The minimum absolute atomic E-state index is 0.0736. The quantitative estimate of drug-likeness (QED) is 0.836. The van der Waals surface area contributed by atoms with Crippen molar-refractivity contribution in [1.29, 1.82) is 5.26 Å². The van der Waals surface area contributed by atoms with Gasteiger partial charge < -0.3 is 5.32 Å². The molecule has 0 saturated carbocycles. The molecule has 0 radical (unpaired) electrons. The van der Waals surface area contributed by atoms with Crippen LogP contribution in [0.4, 0.5) is 0 Å². The molecule has 1 amide bonds. The van der Waals surface area contributed by atoms with Crippen molar-refractivity contribution in [1.82, 2.24) is 5.32 Å². The number of carbonyl (C=O) groups excluding carboxylic acids is 1. The summed E-state index contributed by atoms with van der Waals surface area (Å²) in [5.74, 6) is -0.0736. The smallest absolute Gasteiger partial charge is 0.221 e. The summed E-state index contributed by atoms with van der Waals surface area (Å²) < 4.78 is 0. The Morgan fingerprint density at radius 2 is 2.31 bits per heavy atom. The zero-order valence-electron chi connectivity index (χ0n) is 9.66. The second-order valence-corrected chi connectivity index (χ2v) is 3.91. The van der Waals surface area contributed by atoms with Crippen molar-refractivity contribution in [2.24, 2.45) is 0 Å². The fourth-order valence-corrected chi connectivity index (χ4v) is 1.47. The van der Waals surface area contributed by atoms with Gasteiger partial charge in [-0.25, -0.2) is 0 Å². The van der Waals surface area contributed by atoms with Crippen LogP contribution in [0.1, 0.15) is 24.5 Å². The van der Waals surface area contributed by atoms with Crippen molar-refractivity contribution in [2.45, 2.75) is 32.7 Å². The van der Waals surface area contributed by atoms with Crippen molar-refractivity contribution in [2.75, 3.05) is 0 Å². The Morgan fingerprint density at radius 1 is 1.56 bits per heavy atom.